The van der Waals surface area contributed by atoms with Gasteiger partial charge in [0.05, 0.1) is 26.4 Å². The van der Waals surface area contributed by atoms with Crippen LogP contribution in [0.15, 0.2) is 15.8 Å². The number of hydrogen-bond acceptors (Lipinski definition) is 4. The summed E-state index contributed by atoms with van der Waals surface area (Å²) in [5.74, 6) is 0. The summed E-state index contributed by atoms with van der Waals surface area (Å²) >= 11 is 0. The van der Waals surface area contributed by atoms with Crippen LogP contribution in [0, 0.1) is 6.92 Å². The highest BCUT2D eigenvalue weighted by molar-refractivity contribution is 5.00. The van der Waals surface area contributed by atoms with Crippen molar-refractivity contribution in [3.05, 3.63) is 32.6 Å². The van der Waals surface area contributed by atoms with E-state index in [1.54, 1.807) is 6.92 Å². The molecule has 15 heavy (non-hydrogen) atoms. The molecule has 0 aromatic carbocycles. The highest BCUT2D eigenvalue weighted by Gasteiger charge is 1.99. The Morgan fingerprint density at radius 3 is 2.87 bits per heavy atom. The van der Waals surface area contributed by atoms with Crippen molar-refractivity contribution in [2.45, 2.75) is 13.5 Å². The van der Waals surface area contributed by atoms with E-state index in [4.69, 9.17) is 9.84 Å². The summed E-state index contributed by atoms with van der Waals surface area (Å²) < 4.78 is 6.38. The van der Waals surface area contributed by atoms with Crippen LogP contribution in [0.2, 0.25) is 0 Å². The average molecular weight is 214 g/mol. The van der Waals surface area contributed by atoms with Crippen molar-refractivity contribution in [1.29, 1.82) is 0 Å². The quantitative estimate of drug-likeness (QED) is 0.606. The summed E-state index contributed by atoms with van der Waals surface area (Å²) in [5, 5.41) is 8.46. The molecule has 0 amide bonds. The minimum absolute atomic E-state index is 0.0421. The first-order chi connectivity index (χ1) is 7.15. The molecule has 0 spiro atoms. The third-order valence-electron chi connectivity index (χ3n) is 1.90. The maximum Gasteiger partial charge on any atom is 0.328 e. The van der Waals surface area contributed by atoms with Gasteiger partial charge in [0.2, 0.25) is 0 Å². The fourth-order valence-corrected chi connectivity index (χ4v) is 1.11. The number of ether oxygens (including phenoxy) is 1. The summed E-state index contributed by atoms with van der Waals surface area (Å²) in [4.78, 5) is 24.5. The zero-order chi connectivity index (χ0) is 11.3. The molecule has 0 fully saturated rings. The first kappa shape index (κ1) is 11.7. The Bertz CT molecular complexity index is 421. The number of nitrogens with zero attached hydrogens (tertiary/aromatic N) is 1. The second-order valence-electron chi connectivity index (χ2n) is 3.10. The molecule has 0 radical (unpaired) electrons. The van der Waals surface area contributed by atoms with Crippen molar-refractivity contribution in [2.24, 2.45) is 0 Å². The summed E-state index contributed by atoms with van der Waals surface area (Å²) in [6.07, 6.45) is 1.49. The van der Waals surface area contributed by atoms with Crippen molar-refractivity contribution < 1.29 is 9.84 Å². The van der Waals surface area contributed by atoms with Crippen LogP contribution in [0.4, 0.5) is 0 Å². The Labute approximate surface area is 86.1 Å². The lowest BCUT2D eigenvalue weighted by Crippen LogP contribution is -2.31. The van der Waals surface area contributed by atoms with Crippen molar-refractivity contribution in [3.63, 3.8) is 0 Å². The number of nitrogens with one attached hydrogen (secondary N) is 1. The molecule has 6 nitrogen and oxygen atoms in total. The van der Waals surface area contributed by atoms with Gasteiger partial charge in [-0.05, 0) is 6.92 Å². The minimum atomic E-state index is -0.446. The first-order valence-electron chi connectivity index (χ1n) is 4.64. The molecular weight excluding hydrogens is 200 g/mol. The standard InChI is InChI=1S/C9H14N2O4/c1-7-6-11(2-4-15-5-3-12)9(14)10-8(7)13/h6,12H,2-5H2,1H3,(H,10,13,14). The lowest BCUT2D eigenvalue weighted by atomic mass is 10.4. The van der Waals surface area contributed by atoms with Crippen molar-refractivity contribution >= 4 is 0 Å². The minimum Gasteiger partial charge on any atom is -0.394 e. The van der Waals surface area contributed by atoms with Crippen LogP contribution in [0.3, 0.4) is 0 Å². The van der Waals surface area contributed by atoms with Gasteiger partial charge in [-0.2, -0.15) is 0 Å². The van der Waals surface area contributed by atoms with E-state index in [1.807, 2.05) is 0 Å². The maximum atomic E-state index is 11.3. The van der Waals surface area contributed by atoms with Crippen molar-refractivity contribution in [3.8, 4) is 0 Å². The third kappa shape index (κ3) is 3.34. The van der Waals surface area contributed by atoms with Crippen LogP contribution in [0.25, 0.3) is 0 Å². The Balaban J connectivity index is 2.66. The van der Waals surface area contributed by atoms with E-state index >= 15 is 0 Å². The van der Waals surface area contributed by atoms with Crippen LogP contribution in [0.5, 0.6) is 0 Å². The Morgan fingerprint density at radius 2 is 2.20 bits per heavy atom. The van der Waals surface area contributed by atoms with E-state index in [0.717, 1.165) is 0 Å². The van der Waals surface area contributed by atoms with Gasteiger partial charge in [-0.15, -0.1) is 0 Å². The predicted octanol–water partition coefficient (Wildman–Crippen LogP) is -1.15. The zero-order valence-electron chi connectivity index (χ0n) is 8.52. The number of hydrogen-bond donors (Lipinski definition) is 2. The topological polar surface area (TPSA) is 84.3 Å². The van der Waals surface area contributed by atoms with Gasteiger partial charge in [0, 0.05) is 11.8 Å². The van der Waals surface area contributed by atoms with Crippen LogP contribution in [-0.4, -0.2) is 34.5 Å². The molecule has 0 bridgehead atoms. The molecule has 1 heterocycles. The number of aliphatic hydroxyl groups excluding tert-OH is 1. The number of aromatic nitrogens is 2. The average Bonchev–Trinajstić information content (AvgIpc) is 2.20. The van der Waals surface area contributed by atoms with Crippen LogP contribution >= 0.6 is 0 Å². The number of aliphatic hydroxyl groups is 1. The van der Waals surface area contributed by atoms with Crippen molar-refractivity contribution in [1.82, 2.24) is 9.55 Å². The van der Waals surface area contributed by atoms with Crippen molar-refractivity contribution in [2.75, 3.05) is 19.8 Å². The maximum absolute atomic E-state index is 11.3. The fourth-order valence-electron chi connectivity index (χ4n) is 1.11. The Morgan fingerprint density at radius 1 is 1.47 bits per heavy atom. The number of aryl methyl sites for hydroxylation is 1. The molecule has 6 heteroatoms. The van der Waals surface area contributed by atoms with Crippen LogP contribution < -0.4 is 11.2 Å². The van der Waals surface area contributed by atoms with E-state index < -0.39 is 5.69 Å². The second-order valence-corrected chi connectivity index (χ2v) is 3.10. The highest BCUT2D eigenvalue weighted by Crippen LogP contribution is 1.85. The summed E-state index contributed by atoms with van der Waals surface area (Å²) in [7, 11) is 0. The fraction of sp³-hybridized carbons (Fsp3) is 0.556. The summed E-state index contributed by atoms with van der Waals surface area (Å²) in [6, 6.07) is 0. The van der Waals surface area contributed by atoms with Gasteiger partial charge in [-0.1, -0.05) is 0 Å². The first-order valence-corrected chi connectivity index (χ1v) is 4.64. The smallest absolute Gasteiger partial charge is 0.328 e. The molecule has 0 aliphatic heterocycles. The van der Waals surface area contributed by atoms with E-state index in [0.29, 0.717) is 18.7 Å². The molecule has 0 unspecified atom stereocenters. The molecule has 0 saturated carbocycles. The molecule has 0 saturated heterocycles. The van der Waals surface area contributed by atoms with Gasteiger partial charge in [0.25, 0.3) is 5.56 Å². The monoisotopic (exact) mass is 214 g/mol. The molecule has 0 atom stereocenters. The van der Waals surface area contributed by atoms with Gasteiger partial charge >= 0.3 is 5.69 Å². The summed E-state index contributed by atoms with van der Waals surface area (Å²) in [6.45, 7) is 2.52. The van der Waals surface area contributed by atoms with Crippen LogP contribution in [0.1, 0.15) is 5.56 Å². The summed E-state index contributed by atoms with van der Waals surface area (Å²) in [5.41, 5.74) is -0.331. The van der Waals surface area contributed by atoms with Gasteiger partial charge in [0.15, 0.2) is 0 Å². The normalized spacial score (nSPS) is 10.5. The second kappa shape index (κ2) is 5.47. The van der Waals surface area contributed by atoms with Crippen LogP contribution in [-0.2, 0) is 11.3 Å². The molecular formula is C9H14N2O4. The Kier molecular flexibility index (Phi) is 4.26. The lowest BCUT2D eigenvalue weighted by molar-refractivity contribution is 0.0863. The SMILES string of the molecule is Cc1cn(CCOCCO)c(=O)[nH]c1=O. The number of rotatable bonds is 5. The number of H-pyrrole nitrogens is 1. The van der Waals surface area contributed by atoms with E-state index in [1.165, 1.54) is 10.8 Å². The van der Waals surface area contributed by atoms with Gasteiger partial charge < -0.3 is 9.84 Å². The van der Waals surface area contributed by atoms with Gasteiger partial charge in [-0.25, -0.2) is 4.79 Å². The molecule has 1 rings (SSSR count). The van der Waals surface area contributed by atoms with E-state index in [9.17, 15) is 9.59 Å². The van der Waals surface area contributed by atoms with E-state index in [-0.39, 0.29) is 18.8 Å². The molecule has 84 valence electrons. The lowest BCUT2D eigenvalue weighted by Gasteiger charge is -2.05. The molecule has 1 aromatic heterocycles. The Hall–Kier alpha value is -1.40. The third-order valence-corrected chi connectivity index (χ3v) is 1.90. The number of aromatic amines is 1. The molecule has 0 aliphatic carbocycles. The molecule has 1 aromatic rings. The zero-order valence-corrected chi connectivity index (χ0v) is 8.52. The predicted molar refractivity (Wildman–Crippen MR) is 54.0 cm³/mol. The molecule has 2 N–H and O–H groups in total. The largest absolute Gasteiger partial charge is 0.394 e. The van der Waals surface area contributed by atoms with Gasteiger partial charge in [-0.3, -0.25) is 14.3 Å². The van der Waals surface area contributed by atoms with E-state index in [2.05, 4.69) is 4.98 Å². The molecule has 0 aliphatic rings. The van der Waals surface area contributed by atoms with Gasteiger partial charge in [0.1, 0.15) is 0 Å². The highest BCUT2D eigenvalue weighted by atomic mass is 16.5.